The van der Waals surface area contributed by atoms with E-state index < -0.39 is 0 Å². The van der Waals surface area contributed by atoms with Gasteiger partial charge in [0.25, 0.3) is 11.7 Å². The highest BCUT2D eigenvalue weighted by molar-refractivity contribution is 5.90. The standard InChI is InChI=1S/C19H22N6O2/c1-2-27-16-6-4-15(5-7-16)14-23-10-12-24(13-11-23)18(26)17-21-19-20-8-3-9-25(19)22-17/h3-9H,2,10-14H2,1H3. The molecular weight excluding hydrogens is 344 g/mol. The molecule has 1 fully saturated rings. The van der Waals surface area contributed by atoms with Crippen molar-refractivity contribution in [3.05, 3.63) is 54.1 Å². The first-order chi connectivity index (χ1) is 13.2. The summed E-state index contributed by atoms with van der Waals surface area (Å²) >= 11 is 0. The van der Waals surface area contributed by atoms with Crippen molar-refractivity contribution in [1.82, 2.24) is 29.4 Å². The minimum Gasteiger partial charge on any atom is -0.494 e. The number of ether oxygens (including phenoxy) is 1. The van der Waals surface area contributed by atoms with Gasteiger partial charge in [0, 0.05) is 45.1 Å². The van der Waals surface area contributed by atoms with Crippen molar-refractivity contribution in [2.75, 3.05) is 32.8 Å². The highest BCUT2D eigenvalue weighted by Gasteiger charge is 2.25. The summed E-state index contributed by atoms with van der Waals surface area (Å²) < 4.78 is 7.00. The van der Waals surface area contributed by atoms with Gasteiger partial charge in [-0.25, -0.2) is 9.50 Å². The number of piperazine rings is 1. The topological polar surface area (TPSA) is 75.9 Å². The fourth-order valence-electron chi connectivity index (χ4n) is 3.19. The molecule has 0 spiro atoms. The molecule has 0 atom stereocenters. The molecule has 4 rings (SSSR count). The quantitative estimate of drug-likeness (QED) is 0.681. The molecule has 1 aromatic carbocycles. The summed E-state index contributed by atoms with van der Waals surface area (Å²) in [6, 6.07) is 9.95. The lowest BCUT2D eigenvalue weighted by molar-refractivity contribution is 0.0616. The van der Waals surface area contributed by atoms with Gasteiger partial charge < -0.3 is 9.64 Å². The molecule has 0 unspecified atom stereocenters. The number of amides is 1. The Morgan fingerprint density at radius 1 is 1.15 bits per heavy atom. The average Bonchev–Trinajstić information content (AvgIpc) is 3.14. The van der Waals surface area contributed by atoms with Crippen molar-refractivity contribution in [1.29, 1.82) is 0 Å². The zero-order chi connectivity index (χ0) is 18.6. The maximum Gasteiger partial charge on any atom is 0.293 e. The average molecular weight is 366 g/mol. The van der Waals surface area contributed by atoms with Crippen LogP contribution in [0.1, 0.15) is 23.1 Å². The van der Waals surface area contributed by atoms with Gasteiger partial charge in [0.2, 0.25) is 5.82 Å². The maximum absolute atomic E-state index is 12.7. The van der Waals surface area contributed by atoms with Gasteiger partial charge in [-0.3, -0.25) is 9.69 Å². The van der Waals surface area contributed by atoms with Gasteiger partial charge in [-0.2, -0.15) is 4.98 Å². The predicted octanol–water partition coefficient (Wildman–Crippen LogP) is 1.48. The molecule has 1 amide bonds. The van der Waals surface area contributed by atoms with Gasteiger partial charge in [-0.1, -0.05) is 12.1 Å². The predicted molar refractivity (Wildman–Crippen MR) is 99.6 cm³/mol. The molecule has 0 saturated carbocycles. The second-order valence-corrected chi connectivity index (χ2v) is 6.44. The first kappa shape index (κ1) is 17.4. The third kappa shape index (κ3) is 3.90. The van der Waals surface area contributed by atoms with Crippen LogP contribution in [0.25, 0.3) is 5.78 Å². The van der Waals surface area contributed by atoms with Crippen LogP contribution < -0.4 is 4.74 Å². The normalized spacial score (nSPS) is 15.2. The number of hydrogen-bond acceptors (Lipinski definition) is 6. The molecule has 0 N–H and O–H groups in total. The van der Waals surface area contributed by atoms with Crippen molar-refractivity contribution < 1.29 is 9.53 Å². The van der Waals surface area contributed by atoms with E-state index >= 15 is 0 Å². The Hall–Kier alpha value is -3.00. The van der Waals surface area contributed by atoms with Gasteiger partial charge in [0.1, 0.15) is 5.75 Å². The van der Waals surface area contributed by atoms with Crippen LogP contribution in [-0.4, -0.2) is 68.1 Å². The maximum atomic E-state index is 12.7. The first-order valence-electron chi connectivity index (χ1n) is 9.13. The number of benzene rings is 1. The van der Waals surface area contributed by atoms with E-state index in [1.807, 2.05) is 24.0 Å². The fraction of sp³-hybridized carbons (Fsp3) is 0.368. The molecule has 0 bridgehead atoms. The SMILES string of the molecule is CCOc1ccc(CN2CCN(C(=O)c3nc4ncccn4n3)CC2)cc1. The summed E-state index contributed by atoms with van der Waals surface area (Å²) in [6.45, 7) is 6.50. The van der Waals surface area contributed by atoms with Gasteiger partial charge in [0.05, 0.1) is 6.61 Å². The smallest absolute Gasteiger partial charge is 0.293 e. The Labute approximate surface area is 157 Å². The molecule has 0 aliphatic carbocycles. The highest BCUT2D eigenvalue weighted by Crippen LogP contribution is 2.15. The van der Waals surface area contributed by atoms with Gasteiger partial charge in [-0.05, 0) is 30.7 Å². The van der Waals surface area contributed by atoms with Crippen LogP contribution in [0, 0.1) is 0 Å². The molecule has 1 saturated heterocycles. The van der Waals surface area contributed by atoms with Crippen LogP contribution >= 0.6 is 0 Å². The molecule has 0 radical (unpaired) electrons. The van der Waals surface area contributed by atoms with Crippen LogP contribution in [0.15, 0.2) is 42.7 Å². The Morgan fingerprint density at radius 3 is 2.63 bits per heavy atom. The van der Waals surface area contributed by atoms with Crippen molar-refractivity contribution in [2.45, 2.75) is 13.5 Å². The molecule has 1 aliphatic rings. The fourth-order valence-corrected chi connectivity index (χ4v) is 3.19. The molecule has 3 heterocycles. The van der Waals surface area contributed by atoms with Gasteiger partial charge in [-0.15, -0.1) is 5.10 Å². The zero-order valence-electron chi connectivity index (χ0n) is 15.3. The summed E-state index contributed by atoms with van der Waals surface area (Å²) in [4.78, 5) is 25.1. The molecular formula is C19H22N6O2. The van der Waals surface area contributed by atoms with Crippen LogP contribution in [0.4, 0.5) is 0 Å². The number of nitrogens with zero attached hydrogens (tertiary/aromatic N) is 6. The van der Waals surface area contributed by atoms with E-state index in [4.69, 9.17) is 4.74 Å². The number of fused-ring (bicyclic) bond motifs is 1. The minimum absolute atomic E-state index is 0.138. The molecule has 8 heteroatoms. The van der Waals surface area contributed by atoms with Gasteiger partial charge >= 0.3 is 0 Å². The summed E-state index contributed by atoms with van der Waals surface area (Å²) in [7, 11) is 0. The third-order valence-electron chi connectivity index (χ3n) is 4.61. The van der Waals surface area contributed by atoms with Crippen LogP contribution in [0.5, 0.6) is 5.75 Å². The number of aromatic nitrogens is 4. The Kier molecular flexibility index (Phi) is 4.97. The van der Waals surface area contributed by atoms with E-state index in [1.165, 1.54) is 10.1 Å². The monoisotopic (exact) mass is 366 g/mol. The lowest BCUT2D eigenvalue weighted by Crippen LogP contribution is -2.48. The molecule has 8 nitrogen and oxygen atoms in total. The van der Waals surface area contributed by atoms with E-state index in [2.05, 4.69) is 32.1 Å². The lowest BCUT2D eigenvalue weighted by Gasteiger charge is -2.34. The third-order valence-corrected chi connectivity index (χ3v) is 4.61. The number of carbonyl (C=O) groups is 1. The molecule has 2 aromatic heterocycles. The summed E-state index contributed by atoms with van der Waals surface area (Å²) in [5, 5.41) is 4.22. The number of carbonyl (C=O) groups excluding carboxylic acids is 1. The van der Waals surface area contributed by atoms with Crippen molar-refractivity contribution in [3.63, 3.8) is 0 Å². The molecule has 140 valence electrons. The molecule has 3 aromatic rings. The Balaban J connectivity index is 1.33. The molecule has 1 aliphatic heterocycles. The van der Waals surface area contributed by atoms with Crippen molar-refractivity contribution in [3.8, 4) is 5.75 Å². The minimum atomic E-state index is -0.138. The van der Waals surface area contributed by atoms with E-state index in [0.29, 0.717) is 25.5 Å². The Bertz CT molecular complexity index is 882. The largest absolute Gasteiger partial charge is 0.494 e. The van der Waals surface area contributed by atoms with Crippen molar-refractivity contribution in [2.24, 2.45) is 0 Å². The summed E-state index contributed by atoms with van der Waals surface area (Å²) in [5.41, 5.74) is 1.24. The second kappa shape index (κ2) is 7.71. The van der Waals surface area contributed by atoms with Gasteiger partial charge in [0.15, 0.2) is 0 Å². The summed E-state index contributed by atoms with van der Waals surface area (Å²) in [6.07, 6.45) is 3.37. The van der Waals surface area contributed by atoms with Crippen LogP contribution in [-0.2, 0) is 6.54 Å². The van der Waals surface area contributed by atoms with E-state index in [9.17, 15) is 4.79 Å². The summed E-state index contributed by atoms with van der Waals surface area (Å²) in [5.74, 6) is 1.40. The van der Waals surface area contributed by atoms with Crippen molar-refractivity contribution >= 4 is 11.7 Å². The molecule has 27 heavy (non-hydrogen) atoms. The number of hydrogen-bond donors (Lipinski definition) is 0. The van der Waals surface area contributed by atoms with E-state index in [1.54, 1.807) is 18.5 Å². The van der Waals surface area contributed by atoms with Crippen LogP contribution in [0.3, 0.4) is 0 Å². The Morgan fingerprint density at radius 2 is 1.93 bits per heavy atom. The highest BCUT2D eigenvalue weighted by atomic mass is 16.5. The zero-order valence-corrected chi connectivity index (χ0v) is 15.3. The van der Waals surface area contributed by atoms with E-state index in [0.717, 1.165) is 25.4 Å². The first-order valence-corrected chi connectivity index (χ1v) is 9.13. The second-order valence-electron chi connectivity index (χ2n) is 6.44. The lowest BCUT2D eigenvalue weighted by atomic mass is 10.2. The number of rotatable bonds is 5. The van der Waals surface area contributed by atoms with Crippen LogP contribution in [0.2, 0.25) is 0 Å². The van der Waals surface area contributed by atoms with E-state index in [-0.39, 0.29) is 11.7 Å².